The standard InChI is InChI=1S/C21H25N7/c1-27-7-2-8-28(10-9-27)13-15-12-17-16(5-6-23-21(17)24-15)14-3-4-19-18(11-14)20(22)26-25-19/h3-6,11-12H,2,7-10,13H2,1H3,(H,23,24)(H3,22,25,26). The lowest BCUT2D eigenvalue weighted by Gasteiger charge is -2.19. The number of fused-ring (bicyclic) bond motifs is 2. The minimum absolute atomic E-state index is 0.531. The fourth-order valence-electron chi connectivity index (χ4n) is 4.12. The van der Waals surface area contributed by atoms with E-state index in [0.717, 1.165) is 59.2 Å². The third kappa shape index (κ3) is 3.12. The highest BCUT2D eigenvalue weighted by Gasteiger charge is 2.15. The van der Waals surface area contributed by atoms with E-state index in [2.05, 4.69) is 61.3 Å². The van der Waals surface area contributed by atoms with Gasteiger partial charge in [-0.15, -0.1) is 0 Å². The lowest BCUT2D eigenvalue weighted by atomic mass is 10.0. The molecule has 0 atom stereocenters. The van der Waals surface area contributed by atoms with E-state index >= 15 is 0 Å². The molecule has 28 heavy (non-hydrogen) atoms. The number of likely N-dealkylation sites (N-methyl/N-ethyl adjacent to an activating group) is 1. The van der Waals surface area contributed by atoms with Crippen molar-refractivity contribution in [3.8, 4) is 11.1 Å². The molecule has 0 amide bonds. The summed E-state index contributed by atoms with van der Waals surface area (Å²) in [6.07, 6.45) is 3.08. The molecular weight excluding hydrogens is 350 g/mol. The van der Waals surface area contributed by atoms with Gasteiger partial charge in [0.05, 0.1) is 5.52 Å². The molecule has 144 valence electrons. The number of hydrogen-bond donors (Lipinski definition) is 3. The molecular formula is C21H25N7. The van der Waals surface area contributed by atoms with Gasteiger partial charge in [-0.3, -0.25) is 10.00 Å². The molecule has 4 heterocycles. The SMILES string of the molecule is CN1CCCN(Cc2cc3c(-c4ccc5[nH]nc(N)c5c4)ccnc3[nH]2)CC1. The lowest BCUT2D eigenvalue weighted by Crippen LogP contribution is -2.28. The number of nitrogens with two attached hydrogens (primary N) is 1. The molecule has 7 heteroatoms. The molecule has 0 unspecified atom stereocenters. The molecule has 0 spiro atoms. The van der Waals surface area contributed by atoms with E-state index in [1.807, 2.05) is 12.3 Å². The zero-order valence-electron chi connectivity index (χ0n) is 16.1. The van der Waals surface area contributed by atoms with Crippen LogP contribution in [0.5, 0.6) is 0 Å². The zero-order valence-corrected chi connectivity index (χ0v) is 16.1. The molecule has 1 saturated heterocycles. The second-order valence-corrected chi connectivity index (χ2v) is 7.72. The maximum absolute atomic E-state index is 6.00. The number of H-pyrrole nitrogens is 2. The molecule has 0 saturated carbocycles. The smallest absolute Gasteiger partial charge is 0.153 e. The number of nitrogens with one attached hydrogen (secondary N) is 2. The highest BCUT2D eigenvalue weighted by molar-refractivity contribution is 5.98. The highest BCUT2D eigenvalue weighted by atomic mass is 15.2. The van der Waals surface area contributed by atoms with Gasteiger partial charge in [-0.1, -0.05) is 6.07 Å². The van der Waals surface area contributed by atoms with E-state index in [1.54, 1.807) is 0 Å². The van der Waals surface area contributed by atoms with Crippen LogP contribution in [0.2, 0.25) is 0 Å². The summed E-state index contributed by atoms with van der Waals surface area (Å²) < 4.78 is 0. The number of rotatable bonds is 3. The second kappa shape index (κ2) is 6.92. The molecule has 1 aliphatic rings. The quantitative estimate of drug-likeness (QED) is 0.512. The van der Waals surface area contributed by atoms with E-state index in [9.17, 15) is 0 Å². The number of anilines is 1. The number of nitrogen functional groups attached to an aromatic ring is 1. The first-order chi connectivity index (χ1) is 13.7. The predicted molar refractivity (Wildman–Crippen MR) is 113 cm³/mol. The van der Waals surface area contributed by atoms with Crippen LogP contribution in [0.4, 0.5) is 5.82 Å². The van der Waals surface area contributed by atoms with Gasteiger partial charge in [0.2, 0.25) is 0 Å². The van der Waals surface area contributed by atoms with Crippen molar-refractivity contribution in [1.82, 2.24) is 30.0 Å². The fraction of sp³-hybridized carbons (Fsp3) is 0.333. The molecule has 5 rings (SSSR count). The largest absolute Gasteiger partial charge is 0.382 e. The Morgan fingerprint density at radius 2 is 2.00 bits per heavy atom. The first kappa shape index (κ1) is 17.2. The molecule has 3 aromatic heterocycles. The van der Waals surface area contributed by atoms with Crippen molar-refractivity contribution in [2.24, 2.45) is 0 Å². The van der Waals surface area contributed by atoms with Crippen molar-refractivity contribution in [1.29, 1.82) is 0 Å². The van der Waals surface area contributed by atoms with Gasteiger partial charge in [0, 0.05) is 42.3 Å². The van der Waals surface area contributed by atoms with E-state index in [-0.39, 0.29) is 0 Å². The molecule has 7 nitrogen and oxygen atoms in total. The van der Waals surface area contributed by atoms with Crippen LogP contribution in [-0.4, -0.2) is 63.2 Å². The van der Waals surface area contributed by atoms with Gasteiger partial charge < -0.3 is 15.6 Å². The lowest BCUT2D eigenvalue weighted by molar-refractivity contribution is 0.267. The predicted octanol–water partition coefficient (Wildman–Crippen LogP) is 2.83. The molecule has 1 aliphatic heterocycles. The van der Waals surface area contributed by atoms with Crippen LogP contribution >= 0.6 is 0 Å². The Kier molecular flexibility index (Phi) is 4.26. The van der Waals surface area contributed by atoms with Gasteiger partial charge >= 0.3 is 0 Å². The van der Waals surface area contributed by atoms with E-state index < -0.39 is 0 Å². The number of benzene rings is 1. The summed E-state index contributed by atoms with van der Waals surface area (Å²) in [5.41, 5.74) is 11.4. The number of hydrogen-bond acceptors (Lipinski definition) is 5. The Bertz CT molecular complexity index is 1130. The van der Waals surface area contributed by atoms with Crippen LogP contribution in [-0.2, 0) is 6.54 Å². The minimum Gasteiger partial charge on any atom is -0.382 e. The third-order valence-corrected chi connectivity index (χ3v) is 5.70. The van der Waals surface area contributed by atoms with E-state index in [4.69, 9.17) is 5.73 Å². The summed E-state index contributed by atoms with van der Waals surface area (Å²) in [5, 5.41) is 9.15. The van der Waals surface area contributed by atoms with Gasteiger partial charge in [0.15, 0.2) is 5.82 Å². The van der Waals surface area contributed by atoms with Crippen LogP contribution in [0.15, 0.2) is 36.5 Å². The Morgan fingerprint density at radius 1 is 1.07 bits per heavy atom. The van der Waals surface area contributed by atoms with Crippen molar-refractivity contribution in [3.05, 3.63) is 42.2 Å². The maximum atomic E-state index is 6.00. The summed E-state index contributed by atoms with van der Waals surface area (Å²) in [7, 11) is 2.20. The number of aromatic amines is 2. The Balaban J connectivity index is 1.49. The van der Waals surface area contributed by atoms with Gasteiger partial charge in [0.1, 0.15) is 5.65 Å². The Hall–Kier alpha value is -2.90. The van der Waals surface area contributed by atoms with Gasteiger partial charge in [-0.2, -0.15) is 5.10 Å². The van der Waals surface area contributed by atoms with E-state index in [1.165, 1.54) is 18.7 Å². The summed E-state index contributed by atoms with van der Waals surface area (Å²) >= 11 is 0. The first-order valence-electron chi connectivity index (χ1n) is 9.79. The average Bonchev–Trinajstić information content (AvgIpc) is 3.21. The van der Waals surface area contributed by atoms with Crippen LogP contribution in [0, 0.1) is 0 Å². The fourth-order valence-corrected chi connectivity index (χ4v) is 4.12. The van der Waals surface area contributed by atoms with Crippen molar-refractivity contribution < 1.29 is 0 Å². The van der Waals surface area contributed by atoms with Gasteiger partial charge in [-0.25, -0.2) is 4.98 Å². The van der Waals surface area contributed by atoms with Crippen molar-refractivity contribution >= 4 is 27.8 Å². The Morgan fingerprint density at radius 3 is 2.93 bits per heavy atom. The summed E-state index contributed by atoms with van der Waals surface area (Å²) in [4.78, 5) is 13.0. The first-order valence-corrected chi connectivity index (χ1v) is 9.79. The Labute approximate surface area is 163 Å². The molecule has 0 bridgehead atoms. The number of aromatic nitrogens is 4. The topological polar surface area (TPSA) is 89.9 Å². The van der Waals surface area contributed by atoms with Gasteiger partial charge in [-0.05, 0) is 62.0 Å². The maximum Gasteiger partial charge on any atom is 0.153 e. The zero-order chi connectivity index (χ0) is 19.1. The normalized spacial score (nSPS) is 16.8. The van der Waals surface area contributed by atoms with Gasteiger partial charge in [0.25, 0.3) is 0 Å². The average molecular weight is 375 g/mol. The molecule has 1 fully saturated rings. The minimum atomic E-state index is 0.531. The van der Waals surface area contributed by atoms with Crippen LogP contribution < -0.4 is 5.73 Å². The second-order valence-electron chi connectivity index (χ2n) is 7.72. The van der Waals surface area contributed by atoms with Crippen LogP contribution in [0.1, 0.15) is 12.1 Å². The molecule has 4 aromatic rings. The van der Waals surface area contributed by atoms with Crippen molar-refractivity contribution in [2.75, 3.05) is 39.0 Å². The monoisotopic (exact) mass is 375 g/mol. The molecule has 0 aliphatic carbocycles. The van der Waals surface area contributed by atoms with E-state index in [0.29, 0.717) is 5.82 Å². The summed E-state index contributed by atoms with van der Waals surface area (Å²) in [6, 6.07) is 10.5. The van der Waals surface area contributed by atoms with Crippen molar-refractivity contribution in [3.63, 3.8) is 0 Å². The number of pyridine rings is 1. The van der Waals surface area contributed by atoms with Crippen LogP contribution in [0.3, 0.4) is 0 Å². The molecule has 1 aromatic carbocycles. The molecule has 0 radical (unpaired) electrons. The summed E-state index contributed by atoms with van der Waals surface area (Å²) in [5.74, 6) is 0.531. The van der Waals surface area contributed by atoms with Crippen molar-refractivity contribution in [2.45, 2.75) is 13.0 Å². The van der Waals surface area contributed by atoms with Crippen LogP contribution in [0.25, 0.3) is 33.1 Å². The number of nitrogens with zero attached hydrogens (tertiary/aromatic N) is 4. The highest BCUT2D eigenvalue weighted by Crippen LogP contribution is 2.31. The molecule has 4 N–H and O–H groups in total. The summed E-state index contributed by atoms with van der Waals surface area (Å²) in [6.45, 7) is 5.46. The third-order valence-electron chi connectivity index (χ3n) is 5.70.